The Morgan fingerprint density at radius 3 is 2.93 bits per heavy atom. The van der Waals surface area contributed by atoms with Gasteiger partial charge >= 0.3 is 0 Å². The van der Waals surface area contributed by atoms with Gasteiger partial charge in [-0.15, -0.1) is 11.3 Å². The summed E-state index contributed by atoms with van der Waals surface area (Å²) in [7, 11) is 0. The molecular formula is C22H18N4O3S. The third-order valence-electron chi connectivity index (χ3n) is 4.70. The number of nitriles is 1. The van der Waals surface area contributed by atoms with E-state index in [1.165, 1.54) is 24.3 Å². The van der Waals surface area contributed by atoms with Crippen LogP contribution < -0.4 is 15.4 Å². The lowest BCUT2D eigenvalue weighted by molar-refractivity contribution is -0.119. The van der Waals surface area contributed by atoms with Crippen molar-refractivity contribution in [3.8, 4) is 23.1 Å². The predicted octanol–water partition coefficient (Wildman–Crippen LogP) is 3.89. The molecule has 4 rings (SSSR count). The molecule has 0 bridgehead atoms. The van der Waals surface area contributed by atoms with Crippen LogP contribution in [0.1, 0.15) is 40.9 Å². The van der Waals surface area contributed by atoms with Gasteiger partial charge in [0.05, 0.1) is 30.0 Å². The number of thiazole rings is 1. The maximum absolute atomic E-state index is 12.5. The molecule has 1 aromatic heterocycles. The molecular weight excluding hydrogens is 400 g/mol. The average Bonchev–Trinajstić information content (AvgIpc) is 3.22. The van der Waals surface area contributed by atoms with Gasteiger partial charge in [0.1, 0.15) is 5.75 Å². The summed E-state index contributed by atoms with van der Waals surface area (Å²) in [5.41, 5.74) is 3.33. The fourth-order valence-corrected chi connectivity index (χ4v) is 4.03. The maximum atomic E-state index is 12.5. The highest BCUT2D eigenvalue weighted by Crippen LogP contribution is 2.36. The molecule has 3 aromatic rings. The smallest absolute Gasteiger partial charge is 0.257 e. The van der Waals surface area contributed by atoms with E-state index in [1.807, 2.05) is 29.6 Å². The largest absolute Gasteiger partial charge is 0.493 e. The van der Waals surface area contributed by atoms with Gasteiger partial charge < -0.3 is 10.1 Å². The van der Waals surface area contributed by atoms with Crippen molar-refractivity contribution in [2.24, 2.45) is 0 Å². The number of benzene rings is 2. The van der Waals surface area contributed by atoms with E-state index in [4.69, 9.17) is 10.00 Å². The summed E-state index contributed by atoms with van der Waals surface area (Å²) in [5.74, 6) is 0.347. The summed E-state index contributed by atoms with van der Waals surface area (Å²) >= 11 is 1.32. The molecule has 0 saturated heterocycles. The second-order valence-electron chi connectivity index (χ2n) is 6.83. The van der Waals surface area contributed by atoms with Crippen molar-refractivity contribution in [3.05, 3.63) is 64.5 Å². The monoisotopic (exact) mass is 418 g/mol. The number of amides is 2. The number of hydrogen-bond acceptors (Lipinski definition) is 6. The Morgan fingerprint density at radius 2 is 2.13 bits per heavy atom. The molecule has 7 nitrogen and oxygen atoms in total. The molecule has 2 heterocycles. The molecule has 1 aliphatic rings. The molecule has 2 aromatic carbocycles. The van der Waals surface area contributed by atoms with E-state index in [9.17, 15) is 9.59 Å². The fourth-order valence-electron chi connectivity index (χ4n) is 3.31. The van der Waals surface area contributed by atoms with Crippen LogP contribution in [-0.2, 0) is 4.79 Å². The van der Waals surface area contributed by atoms with E-state index in [-0.39, 0.29) is 17.9 Å². The van der Waals surface area contributed by atoms with Gasteiger partial charge in [-0.05, 0) is 36.4 Å². The topological polar surface area (TPSA) is 104 Å². The zero-order valence-corrected chi connectivity index (χ0v) is 17.0. The third kappa shape index (κ3) is 4.16. The molecule has 1 unspecified atom stereocenters. The van der Waals surface area contributed by atoms with Crippen LogP contribution in [0.15, 0.2) is 47.8 Å². The van der Waals surface area contributed by atoms with Crippen LogP contribution >= 0.6 is 11.3 Å². The number of fused-ring (bicyclic) bond motifs is 1. The minimum atomic E-state index is -0.322. The van der Waals surface area contributed by atoms with Gasteiger partial charge in [0.15, 0.2) is 5.13 Å². The molecule has 0 saturated carbocycles. The number of carbonyl (C=O) groups is 2. The van der Waals surface area contributed by atoms with Crippen molar-refractivity contribution in [1.29, 1.82) is 5.26 Å². The lowest BCUT2D eigenvalue weighted by Gasteiger charge is -2.26. The number of aromatic nitrogens is 1. The van der Waals surface area contributed by atoms with Gasteiger partial charge in [-0.1, -0.05) is 6.07 Å². The molecule has 0 spiro atoms. The lowest BCUT2D eigenvalue weighted by Crippen LogP contribution is -2.30. The molecule has 2 amide bonds. The number of anilines is 1. The highest BCUT2D eigenvalue weighted by molar-refractivity contribution is 7.14. The van der Waals surface area contributed by atoms with Crippen molar-refractivity contribution in [2.75, 3.05) is 11.9 Å². The van der Waals surface area contributed by atoms with E-state index in [2.05, 4.69) is 15.6 Å². The zero-order valence-electron chi connectivity index (χ0n) is 16.1. The molecule has 1 aliphatic heterocycles. The van der Waals surface area contributed by atoms with Crippen LogP contribution in [0.3, 0.4) is 0 Å². The summed E-state index contributed by atoms with van der Waals surface area (Å²) in [6, 6.07) is 14.2. The Balaban J connectivity index is 1.55. The molecule has 0 aliphatic carbocycles. The van der Waals surface area contributed by atoms with E-state index in [0.29, 0.717) is 29.3 Å². The normalized spacial score (nSPS) is 14.7. The number of nitrogens with zero attached hydrogens (tertiary/aromatic N) is 2. The Bertz CT molecular complexity index is 1170. The van der Waals surface area contributed by atoms with E-state index >= 15 is 0 Å². The maximum Gasteiger partial charge on any atom is 0.257 e. The predicted molar refractivity (Wildman–Crippen MR) is 113 cm³/mol. The number of carbonyl (C=O) groups excluding carboxylic acids is 2. The molecule has 30 heavy (non-hydrogen) atoms. The van der Waals surface area contributed by atoms with Crippen molar-refractivity contribution >= 4 is 28.3 Å². The Hall–Kier alpha value is -3.70. The Kier molecular flexibility index (Phi) is 5.46. The van der Waals surface area contributed by atoms with Gasteiger partial charge in [0, 0.05) is 35.4 Å². The van der Waals surface area contributed by atoms with E-state index in [0.717, 1.165) is 22.6 Å². The summed E-state index contributed by atoms with van der Waals surface area (Å²) in [6.07, 6.45) is 0.705. The average molecular weight is 418 g/mol. The molecule has 8 heteroatoms. The third-order valence-corrected chi connectivity index (χ3v) is 5.46. The minimum absolute atomic E-state index is 0.0858. The molecule has 0 fully saturated rings. The molecule has 150 valence electrons. The Labute approximate surface area is 177 Å². The SMILES string of the molecule is CC(=O)NC1CCOc2ccc(-c3csc(NC(=O)c4cccc(C#N)c4)n3)cc21. The van der Waals surface area contributed by atoms with Crippen LogP contribution in [0.25, 0.3) is 11.3 Å². The van der Waals surface area contributed by atoms with Crippen LogP contribution in [0, 0.1) is 11.3 Å². The molecule has 2 N–H and O–H groups in total. The van der Waals surface area contributed by atoms with Crippen LogP contribution in [0.5, 0.6) is 5.75 Å². The van der Waals surface area contributed by atoms with Gasteiger partial charge in [-0.25, -0.2) is 4.98 Å². The Morgan fingerprint density at radius 1 is 1.27 bits per heavy atom. The van der Waals surface area contributed by atoms with Crippen molar-refractivity contribution in [2.45, 2.75) is 19.4 Å². The van der Waals surface area contributed by atoms with E-state index < -0.39 is 0 Å². The second kappa shape index (κ2) is 8.35. The first kappa shape index (κ1) is 19.6. The van der Waals surface area contributed by atoms with Gasteiger partial charge in [0.25, 0.3) is 5.91 Å². The summed E-state index contributed by atoms with van der Waals surface area (Å²) in [5, 5.41) is 17.0. The first-order valence-corrected chi connectivity index (χ1v) is 10.2. The summed E-state index contributed by atoms with van der Waals surface area (Å²) < 4.78 is 5.70. The summed E-state index contributed by atoms with van der Waals surface area (Å²) in [6.45, 7) is 2.05. The van der Waals surface area contributed by atoms with Gasteiger partial charge in [-0.2, -0.15) is 5.26 Å². The van der Waals surface area contributed by atoms with Crippen molar-refractivity contribution in [1.82, 2.24) is 10.3 Å². The summed E-state index contributed by atoms with van der Waals surface area (Å²) in [4.78, 5) is 28.5. The number of ether oxygens (including phenoxy) is 1. The first-order valence-electron chi connectivity index (χ1n) is 9.35. The van der Waals surface area contributed by atoms with Crippen LogP contribution in [0.4, 0.5) is 5.13 Å². The van der Waals surface area contributed by atoms with Crippen LogP contribution in [0.2, 0.25) is 0 Å². The van der Waals surface area contributed by atoms with E-state index in [1.54, 1.807) is 18.2 Å². The van der Waals surface area contributed by atoms with Gasteiger partial charge in [-0.3, -0.25) is 14.9 Å². The number of nitrogens with one attached hydrogen (secondary N) is 2. The number of hydrogen-bond donors (Lipinski definition) is 2. The van der Waals surface area contributed by atoms with Gasteiger partial charge in [0.2, 0.25) is 5.91 Å². The second-order valence-corrected chi connectivity index (χ2v) is 7.69. The number of rotatable bonds is 4. The van der Waals surface area contributed by atoms with Crippen molar-refractivity contribution < 1.29 is 14.3 Å². The highest BCUT2D eigenvalue weighted by Gasteiger charge is 2.23. The van der Waals surface area contributed by atoms with Crippen molar-refractivity contribution in [3.63, 3.8) is 0 Å². The lowest BCUT2D eigenvalue weighted by atomic mass is 9.97. The quantitative estimate of drug-likeness (QED) is 0.669. The minimum Gasteiger partial charge on any atom is -0.493 e. The fraction of sp³-hybridized carbons (Fsp3) is 0.182. The molecule has 1 atom stereocenters. The standard InChI is InChI=1S/C22H18N4O3S/c1-13(27)24-18-7-8-29-20-6-5-15(10-17(18)20)19-12-30-22(25-19)26-21(28)16-4-2-3-14(9-16)11-23/h2-6,9-10,12,18H,7-8H2,1H3,(H,24,27)(H,25,26,28). The zero-order chi connectivity index (χ0) is 21.1. The first-order chi connectivity index (χ1) is 14.5. The van der Waals surface area contributed by atoms with Crippen LogP contribution in [-0.4, -0.2) is 23.4 Å². The highest BCUT2D eigenvalue weighted by atomic mass is 32.1. The molecule has 0 radical (unpaired) electrons.